The van der Waals surface area contributed by atoms with Crippen LogP contribution in [0.3, 0.4) is 0 Å². The minimum Gasteiger partial charge on any atom is -0.485 e. The molecule has 0 saturated carbocycles. The molecule has 1 atom stereocenters. The molecule has 1 amide bonds. The Morgan fingerprint density at radius 2 is 2.12 bits per heavy atom. The number of carbonyl (C=O) groups excluding carboxylic acids is 1. The highest BCUT2D eigenvalue weighted by Crippen LogP contribution is 2.20. The first kappa shape index (κ1) is 13.2. The molecule has 1 rings (SSSR count). The summed E-state index contributed by atoms with van der Waals surface area (Å²) in [4.78, 5) is 10.9. The Labute approximate surface area is 98.1 Å². The van der Waals surface area contributed by atoms with Gasteiger partial charge in [0.05, 0.1) is 6.04 Å². The molecule has 1 aromatic carbocycles. The third-order valence-corrected chi connectivity index (χ3v) is 1.97. The smallest absolute Gasteiger partial charge is 0.243 e. The van der Waals surface area contributed by atoms with Gasteiger partial charge in [0.1, 0.15) is 6.61 Å². The minimum absolute atomic E-state index is 0.0303. The van der Waals surface area contributed by atoms with Gasteiger partial charge in [0.2, 0.25) is 5.91 Å². The summed E-state index contributed by atoms with van der Waals surface area (Å²) in [5.74, 6) is -2.35. The zero-order valence-electron chi connectivity index (χ0n) is 9.37. The van der Waals surface area contributed by atoms with Gasteiger partial charge in [-0.05, 0) is 25.1 Å². The van der Waals surface area contributed by atoms with E-state index in [0.717, 1.165) is 18.2 Å². The monoisotopic (exact) mass is 241 g/mol. The fourth-order valence-electron chi connectivity index (χ4n) is 1.17. The number of halogens is 2. The Morgan fingerprint density at radius 3 is 2.65 bits per heavy atom. The van der Waals surface area contributed by atoms with Crippen molar-refractivity contribution in [1.82, 2.24) is 5.32 Å². The van der Waals surface area contributed by atoms with Crippen molar-refractivity contribution >= 4 is 5.91 Å². The molecule has 0 bridgehead atoms. The lowest BCUT2D eigenvalue weighted by Gasteiger charge is -2.14. The van der Waals surface area contributed by atoms with Gasteiger partial charge in [-0.3, -0.25) is 4.79 Å². The highest BCUT2D eigenvalue weighted by Gasteiger charge is 2.12. The number of carbonyl (C=O) groups is 1. The molecule has 0 aliphatic carbocycles. The number of nitrogens with one attached hydrogen (secondary N) is 1. The predicted octanol–water partition coefficient (Wildman–Crippen LogP) is 2.03. The lowest BCUT2D eigenvalue weighted by atomic mass is 10.3. The Balaban J connectivity index is 2.55. The van der Waals surface area contributed by atoms with Crippen molar-refractivity contribution in [3.63, 3.8) is 0 Å². The second kappa shape index (κ2) is 5.98. The summed E-state index contributed by atoms with van der Waals surface area (Å²) in [6.45, 7) is 4.91. The van der Waals surface area contributed by atoms with Crippen LogP contribution in [-0.4, -0.2) is 18.6 Å². The van der Waals surface area contributed by atoms with Gasteiger partial charge in [-0.25, -0.2) is 8.78 Å². The summed E-state index contributed by atoms with van der Waals surface area (Å²) in [5.41, 5.74) is 0. The molecule has 0 saturated heterocycles. The Morgan fingerprint density at radius 1 is 1.53 bits per heavy atom. The average molecular weight is 241 g/mol. The molecule has 1 N–H and O–H groups in total. The first-order chi connectivity index (χ1) is 8.04. The maximum absolute atomic E-state index is 13.2. The van der Waals surface area contributed by atoms with Crippen LogP contribution in [0.4, 0.5) is 8.78 Å². The van der Waals surface area contributed by atoms with Crippen LogP contribution < -0.4 is 10.1 Å². The van der Waals surface area contributed by atoms with Crippen molar-refractivity contribution in [2.75, 3.05) is 6.61 Å². The van der Waals surface area contributed by atoms with E-state index in [-0.39, 0.29) is 18.6 Å². The molecule has 0 unspecified atom stereocenters. The van der Waals surface area contributed by atoms with Gasteiger partial charge in [-0.15, -0.1) is 0 Å². The van der Waals surface area contributed by atoms with Crippen LogP contribution in [0.1, 0.15) is 6.92 Å². The van der Waals surface area contributed by atoms with Gasteiger partial charge in [0, 0.05) is 0 Å². The van der Waals surface area contributed by atoms with Gasteiger partial charge in [0.25, 0.3) is 0 Å². The van der Waals surface area contributed by atoms with E-state index in [1.165, 1.54) is 6.07 Å². The van der Waals surface area contributed by atoms with Crippen LogP contribution in [-0.2, 0) is 4.79 Å². The second-order valence-electron chi connectivity index (χ2n) is 3.48. The molecular formula is C12H13F2NO2. The summed E-state index contributed by atoms with van der Waals surface area (Å²) < 4.78 is 31.3. The quantitative estimate of drug-likeness (QED) is 0.801. The third-order valence-electron chi connectivity index (χ3n) is 1.97. The number of hydrogen-bond donors (Lipinski definition) is 1. The topological polar surface area (TPSA) is 38.3 Å². The van der Waals surface area contributed by atoms with Gasteiger partial charge < -0.3 is 10.1 Å². The van der Waals surface area contributed by atoms with Crippen LogP contribution in [0.15, 0.2) is 30.9 Å². The summed E-state index contributed by atoms with van der Waals surface area (Å²) in [6, 6.07) is 3.08. The molecular weight excluding hydrogens is 228 g/mol. The van der Waals surface area contributed by atoms with E-state index < -0.39 is 17.4 Å². The molecule has 92 valence electrons. The van der Waals surface area contributed by atoms with Crippen molar-refractivity contribution in [3.8, 4) is 5.75 Å². The van der Waals surface area contributed by atoms with Gasteiger partial charge in [-0.1, -0.05) is 12.6 Å². The standard InChI is InChI=1S/C12H13F2NO2/c1-3-11(16)15-8(2)7-17-12-9(13)5-4-6-10(12)14/h3-6,8H,1,7H2,2H3,(H,15,16)/t8-/m0/s1. The molecule has 0 aromatic heterocycles. The fourth-order valence-corrected chi connectivity index (χ4v) is 1.17. The van der Waals surface area contributed by atoms with Crippen molar-refractivity contribution in [2.45, 2.75) is 13.0 Å². The predicted molar refractivity (Wildman–Crippen MR) is 59.7 cm³/mol. The summed E-state index contributed by atoms with van der Waals surface area (Å²) in [5, 5.41) is 2.51. The largest absolute Gasteiger partial charge is 0.485 e. The lowest BCUT2D eigenvalue weighted by Crippen LogP contribution is -2.35. The van der Waals surface area contributed by atoms with E-state index in [2.05, 4.69) is 11.9 Å². The SMILES string of the molecule is C=CC(=O)N[C@@H](C)COc1c(F)cccc1F. The van der Waals surface area contributed by atoms with Crippen molar-refractivity contribution in [1.29, 1.82) is 0 Å². The first-order valence-electron chi connectivity index (χ1n) is 5.04. The van der Waals surface area contributed by atoms with Crippen LogP contribution >= 0.6 is 0 Å². The summed E-state index contributed by atoms with van der Waals surface area (Å²) in [7, 11) is 0. The Bertz CT molecular complexity index is 401. The average Bonchev–Trinajstić information content (AvgIpc) is 2.28. The number of amides is 1. The molecule has 0 fully saturated rings. The van der Waals surface area contributed by atoms with E-state index in [9.17, 15) is 13.6 Å². The number of para-hydroxylation sites is 1. The molecule has 0 radical (unpaired) electrons. The zero-order chi connectivity index (χ0) is 12.8. The number of rotatable bonds is 5. The van der Waals surface area contributed by atoms with Crippen molar-refractivity contribution < 1.29 is 18.3 Å². The van der Waals surface area contributed by atoms with Crippen molar-refractivity contribution in [2.24, 2.45) is 0 Å². The van der Waals surface area contributed by atoms with Gasteiger partial charge >= 0.3 is 0 Å². The van der Waals surface area contributed by atoms with Crippen LogP contribution in [0.2, 0.25) is 0 Å². The third kappa shape index (κ3) is 3.86. The van der Waals surface area contributed by atoms with Gasteiger partial charge in [-0.2, -0.15) is 0 Å². The van der Waals surface area contributed by atoms with Crippen LogP contribution in [0.5, 0.6) is 5.75 Å². The van der Waals surface area contributed by atoms with E-state index >= 15 is 0 Å². The maximum Gasteiger partial charge on any atom is 0.243 e. The molecule has 3 nitrogen and oxygen atoms in total. The van der Waals surface area contributed by atoms with Crippen molar-refractivity contribution in [3.05, 3.63) is 42.5 Å². The fraction of sp³-hybridized carbons (Fsp3) is 0.250. The number of hydrogen-bond acceptors (Lipinski definition) is 2. The highest BCUT2D eigenvalue weighted by molar-refractivity contribution is 5.87. The molecule has 0 heterocycles. The van der Waals surface area contributed by atoms with E-state index in [4.69, 9.17) is 4.74 Å². The molecule has 5 heteroatoms. The summed E-state index contributed by atoms with van der Waals surface area (Å²) in [6.07, 6.45) is 1.11. The van der Waals surface area contributed by atoms with Crippen LogP contribution in [0, 0.1) is 11.6 Å². The highest BCUT2D eigenvalue weighted by atomic mass is 19.1. The molecule has 0 spiro atoms. The number of ether oxygens (including phenoxy) is 1. The summed E-state index contributed by atoms with van der Waals surface area (Å²) >= 11 is 0. The maximum atomic E-state index is 13.2. The second-order valence-corrected chi connectivity index (χ2v) is 3.48. The Kier molecular flexibility index (Phi) is 4.63. The van der Waals surface area contributed by atoms with Gasteiger partial charge in [0.15, 0.2) is 17.4 Å². The molecule has 1 aromatic rings. The molecule has 0 aliphatic rings. The normalized spacial score (nSPS) is 11.7. The zero-order valence-corrected chi connectivity index (χ0v) is 9.37. The first-order valence-corrected chi connectivity index (χ1v) is 5.04. The van der Waals surface area contributed by atoms with E-state index in [0.29, 0.717) is 0 Å². The van der Waals surface area contributed by atoms with E-state index in [1.54, 1.807) is 6.92 Å². The Hall–Kier alpha value is -1.91. The lowest BCUT2D eigenvalue weighted by molar-refractivity contribution is -0.117. The molecule has 17 heavy (non-hydrogen) atoms. The molecule has 0 aliphatic heterocycles. The minimum atomic E-state index is -0.771. The number of benzene rings is 1. The van der Waals surface area contributed by atoms with Crippen LogP contribution in [0.25, 0.3) is 0 Å². The van der Waals surface area contributed by atoms with E-state index in [1.807, 2.05) is 0 Å².